The van der Waals surface area contributed by atoms with E-state index >= 15 is 0 Å². The van der Waals surface area contributed by atoms with Crippen molar-refractivity contribution in [1.82, 2.24) is 9.21 Å². The standard InChI is InChI=1S/C28H34N4O6S/c1-18-15-32(19(2)17-33)27(34)22-12-8-14-24(26(22)38-25(18)16-31(3)39(4,36)37)30-28(35)29-23-13-7-10-20-9-5-6-11-21(20)23/h5-14,18-19,25,33H,15-17H2,1-4H3,(H2,29,30,35)/t18-,19+,25+/m1/s1. The van der Waals surface area contributed by atoms with Gasteiger partial charge in [0, 0.05) is 24.9 Å². The number of carbonyl (C=O) groups excluding carboxylic acids is 2. The topological polar surface area (TPSA) is 128 Å². The van der Waals surface area contributed by atoms with E-state index < -0.39 is 28.2 Å². The summed E-state index contributed by atoms with van der Waals surface area (Å²) in [7, 11) is -2.03. The molecule has 1 aliphatic rings. The van der Waals surface area contributed by atoms with Gasteiger partial charge in [0.1, 0.15) is 6.10 Å². The van der Waals surface area contributed by atoms with Crippen LogP contribution in [0.5, 0.6) is 5.75 Å². The van der Waals surface area contributed by atoms with Crippen molar-refractivity contribution in [2.24, 2.45) is 5.92 Å². The molecule has 3 atom stereocenters. The lowest BCUT2D eigenvalue weighted by Gasteiger charge is -2.38. The first-order chi connectivity index (χ1) is 18.5. The molecule has 0 bridgehead atoms. The lowest BCUT2D eigenvalue weighted by molar-refractivity contribution is 0.0389. The van der Waals surface area contributed by atoms with E-state index in [1.54, 1.807) is 36.1 Å². The van der Waals surface area contributed by atoms with Gasteiger partial charge in [-0.3, -0.25) is 4.79 Å². The van der Waals surface area contributed by atoms with Gasteiger partial charge in [-0.15, -0.1) is 0 Å². The van der Waals surface area contributed by atoms with Crippen LogP contribution >= 0.6 is 0 Å². The third-order valence-corrected chi connectivity index (χ3v) is 8.26. The average Bonchev–Trinajstić information content (AvgIpc) is 2.90. The first-order valence-electron chi connectivity index (χ1n) is 12.7. The number of hydrogen-bond donors (Lipinski definition) is 3. The molecule has 0 unspecified atom stereocenters. The zero-order chi connectivity index (χ0) is 28.3. The van der Waals surface area contributed by atoms with Gasteiger partial charge >= 0.3 is 6.03 Å². The van der Waals surface area contributed by atoms with Gasteiger partial charge in [0.25, 0.3) is 5.91 Å². The summed E-state index contributed by atoms with van der Waals surface area (Å²) >= 11 is 0. The molecule has 3 amide bonds. The number of aliphatic hydroxyl groups excluding tert-OH is 1. The van der Waals surface area contributed by atoms with Gasteiger partial charge in [-0.1, -0.05) is 49.4 Å². The van der Waals surface area contributed by atoms with Gasteiger partial charge in [-0.2, -0.15) is 0 Å². The van der Waals surface area contributed by atoms with E-state index in [2.05, 4.69) is 10.6 Å². The summed E-state index contributed by atoms with van der Waals surface area (Å²) in [6.45, 7) is 3.64. The molecular weight excluding hydrogens is 520 g/mol. The normalized spacial score (nSPS) is 18.6. The lowest BCUT2D eigenvalue weighted by Crippen LogP contribution is -2.50. The molecule has 0 saturated carbocycles. The van der Waals surface area contributed by atoms with Crippen molar-refractivity contribution in [3.63, 3.8) is 0 Å². The number of rotatable bonds is 7. The molecule has 3 aromatic rings. The third kappa shape index (κ3) is 6.32. The van der Waals surface area contributed by atoms with Gasteiger partial charge in [0.2, 0.25) is 10.0 Å². The van der Waals surface area contributed by atoms with Crippen LogP contribution in [0, 0.1) is 5.92 Å². The Morgan fingerprint density at radius 1 is 1.10 bits per heavy atom. The quantitative estimate of drug-likeness (QED) is 0.410. The molecule has 4 rings (SSSR count). The highest BCUT2D eigenvalue weighted by atomic mass is 32.2. The summed E-state index contributed by atoms with van der Waals surface area (Å²) in [6, 6.07) is 17.1. The van der Waals surface area contributed by atoms with E-state index in [1.165, 1.54) is 11.4 Å². The minimum absolute atomic E-state index is 0.0332. The maximum absolute atomic E-state index is 13.6. The molecule has 11 heteroatoms. The predicted molar refractivity (Wildman–Crippen MR) is 152 cm³/mol. The molecule has 0 saturated heterocycles. The molecule has 0 spiro atoms. The Hall–Kier alpha value is -3.67. The Morgan fingerprint density at radius 3 is 2.46 bits per heavy atom. The summed E-state index contributed by atoms with van der Waals surface area (Å²) in [5, 5.41) is 17.3. The number of benzene rings is 3. The molecule has 3 aromatic carbocycles. The maximum atomic E-state index is 13.6. The van der Waals surface area contributed by atoms with E-state index in [-0.39, 0.29) is 48.5 Å². The lowest BCUT2D eigenvalue weighted by atomic mass is 9.99. The summed E-state index contributed by atoms with van der Waals surface area (Å²) in [5.74, 6) is -0.506. The third-order valence-electron chi connectivity index (χ3n) is 6.98. The Kier molecular flexibility index (Phi) is 8.43. The number of para-hydroxylation sites is 1. The number of hydrogen-bond acceptors (Lipinski definition) is 6. The molecule has 1 aliphatic heterocycles. The number of fused-ring (bicyclic) bond motifs is 2. The van der Waals surface area contributed by atoms with Crippen LogP contribution in [0.1, 0.15) is 24.2 Å². The molecule has 3 N–H and O–H groups in total. The minimum Gasteiger partial charge on any atom is -0.486 e. The van der Waals surface area contributed by atoms with Crippen molar-refractivity contribution in [3.05, 3.63) is 66.2 Å². The smallest absolute Gasteiger partial charge is 0.323 e. The Morgan fingerprint density at radius 2 is 1.74 bits per heavy atom. The molecule has 0 fully saturated rings. The van der Waals surface area contributed by atoms with Gasteiger partial charge in [-0.05, 0) is 30.5 Å². The zero-order valence-electron chi connectivity index (χ0n) is 22.4. The Bertz CT molecular complexity index is 1470. The van der Waals surface area contributed by atoms with Gasteiger partial charge in [0.15, 0.2) is 5.75 Å². The van der Waals surface area contributed by atoms with Crippen LogP contribution in [0.3, 0.4) is 0 Å². The Labute approximate surface area is 228 Å². The predicted octanol–water partition coefficient (Wildman–Crippen LogP) is 3.60. The van der Waals surface area contributed by atoms with Crippen LogP contribution in [0.15, 0.2) is 60.7 Å². The number of sulfonamides is 1. The van der Waals surface area contributed by atoms with Crippen LogP contribution in [0.25, 0.3) is 10.8 Å². The number of nitrogens with one attached hydrogen (secondary N) is 2. The van der Waals surface area contributed by atoms with Crippen molar-refractivity contribution in [1.29, 1.82) is 0 Å². The summed E-state index contributed by atoms with van der Waals surface area (Å²) in [6.07, 6.45) is 0.469. The van der Waals surface area contributed by atoms with E-state index in [1.807, 2.05) is 43.3 Å². The second-order valence-electron chi connectivity index (χ2n) is 9.95. The van der Waals surface area contributed by atoms with E-state index in [0.29, 0.717) is 5.69 Å². The molecule has 0 aliphatic carbocycles. The summed E-state index contributed by atoms with van der Waals surface area (Å²) < 4.78 is 31.9. The number of urea groups is 1. The molecule has 10 nitrogen and oxygen atoms in total. The fraction of sp³-hybridized carbons (Fsp3) is 0.357. The van der Waals surface area contributed by atoms with E-state index in [0.717, 1.165) is 17.0 Å². The van der Waals surface area contributed by atoms with Crippen molar-refractivity contribution in [2.45, 2.75) is 26.0 Å². The highest BCUT2D eigenvalue weighted by Crippen LogP contribution is 2.35. The Balaban J connectivity index is 1.70. The molecule has 39 heavy (non-hydrogen) atoms. The van der Waals surface area contributed by atoms with Crippen molar-refractivity contribution in [3.8, 4) is 5.75 Å². The fourth-order valence-electron chi connectivity index (χ4n) is 4.56. The second-order valence-corrected chi connectivity index (χ2v) is 12.0. The number of likely N-dealkylation sites (N-methyl/N-ethyl adjacent to an activating group) is 1. The van der Waals surface area contributed by atoms with Crippen molar-refractivity contribution >= 4 is 44.1 Å². The van der Waals surface area contributed by atoms with Crippen LogP contribution in [0.4, 0.5) is 16.2 Å². The fourth-order valence-corrected chi connectivity index (χ4v) is 4.98. The average molecular weight is 555 g/mol. The van der Waals surface area contributed by atoms with Crippen LogP contribution in [0.2, 0.25) is 0 Å². The van der Waals surface area contributed by atoms with Gasteiger partial charge < -0.3 is 25.4 Å². The first-order valence-corrected chi connectivity index (χ1v) is 14.5. The summed E-state index contributed by atoms with van der Waals surface area (Å²) in [4.78, 5) is 28.3. The number of carbonyl (C=O) groups is 2. The first kappa shape index (κ1) is 28.3. The zero-order valence-corrected chi connectivity index (χ0v) is 23.2. The van der Waals surface area contributed by atoms with Crippen LogP contribution in [-0.2, 0) is 10.0 Å². The van der Waals surface area contributed by atoms with Crippen molar-refractivity contribution in [2.75, 3.05) is 43.6 Å². The molecule has 1 heterocycles. The second kappa shape index (κ2) is 11.6. The SMILES string of the molecule is C[C@@H]1CN([C@@H](C)CO)C(=O)c2cccc(NC(=O)Nc3cccc4ccccc34)c2O[C@H]1CN(C)S(C)(=O)=O. The number of ether oxygens (including phenoxy) is 1. The molecule has 0 aromatic heterocycles. The minimum atomic E-state index is -3.50. The van der Waals surface area contributed by atoms with Crippen LogP contribution < -0.4 is 15.4 Å². The van der Waals surface area contributed by atoms with Crippen LogP contribution in [-0.4, -0.2) is 79.8 Å². The number of aliphatic hydroxyl groups is 1. The maximum Gasteiger partial charge on any atom is 0.323 e. The van der Waals surface area contributed by atoms with E-state index in [9.17, 15) is 23.1 Å². The molecule has 208 valence electrons. The molecular formula is C28H34N4O6S. The van der Waals surface area contributed by atoms with Gasteiger partial charge in [-0.25, -0.2) is 17.5 Å². The number of anilines is 2. The van der Waals surface area contributed by atoms with E-state index in [4.69, 9.17) is 4.74 Å². The summed E-state index contributed by atoms with van der Waals surface area (Å²) in [5.41, 5.74) is 1.08. The highest BCUT2D eigenvalue weighted by Gasteiger charge is 2.35. The highest BCUT2D eigenvalue weighted by molar-refractivity contribution is 7.88. The largest absolute Gasteiger partial charge is 0.486 e. The monoisotopic (exact) mass is 554 g/mol. The number of amides is 3. The number of nitrogens with zero attached hydrogens (tertiary/aromatic N) is 2. The van der Waals surface area contributed by atoms with Gasteiger partial charge in [0.05, 0.1) is 42.4 Å². The van der Waals surface area contributed by atoms with Crippen molar-refractivity contribution < 1.29 is 27.9 Å². The molecule has 0 radical (unpaired) electrons.